The van der Waals surface area contributed by atoms with Crippen LogP contribution in [0.1, 0.15) is 27.7 Å². The van der Waals surface area contributed by atoms with E-state index in [0.29, 0.717) is 0 Å². The maximum atomic E-state index is 11.2. The summed E-state index contributed by atoms with van der Waals surface area (Å²) in [6, 6.07) is 0.274. The molecule has 70 valence electrons. The Hall–Kier alpha value is -1.18. The Bertz CT molecular complexity index is 319. The Morgan fingerprint density at radius 3 is 2.31 bits per heavy atom. The summed E-state index contributed by atoms with van der Waals surface area (Å²) < 4.78 is 0. The first-order chi connectivity index (χ1) is 6.00. The third-order valence-electron chi connectivity index (χ3n) is 1.89. The summed E-state index contributed by atoms with van der Waals surface area (Å²) in [5.74, 6) is 0.0974. The number of carbonyl (C=O) groups excluding carboxylic acids is 1. The molecule has 0 atom stereocenters. The zero-order valence-corrected chi connectivity index (χ0v) is 8.59. The lowest BCUT2D eigenvalue weighted by Crippen LogP contribution is -2.11. The molecule has 0 amide bonds. The number of allylic oxidation sites excluding steroid dienone is 4. The van der Waals surface area contributed by atoms with Gasteiger partial charge in [0.05, 0.1) is 5.71 Å². The largest absolute Gasteiger partial charge is 0.290 e. The van der Waals surface area contributed by atoms with Crippen LogP contribution in [-0.2, 0) is 4.79 Å². The van der Waals surface area contributed by atoms with Crippen LogP contribution in [-0.4, -0.2) is 17.5 Å². The standard InChI is InChI=1S/C11H15NO/c1-7(2)12-10-5-9(4)11(13)6-8(10)3/h5-7H,1-4H3. The molecule has 1 aliphatic carbocycles. The summed E-state index contributed by atoms with van der Waals surface area (Å²) in [5, 5.41) is 0. The lowest BCUT2D eigenvalue weighted by molar-refractivity contribution is -0.111. The van der Waals surface area contributed by atoms with E-state index in [0.717, 1.165) is 16.9 Å². The molecule has 1 rings (SSSR count). The highest BCUT2D eigenvalue weighted by Crippen LogP contribution is 2.12. The van der Waals surface area contributed by atoms with Crippen LogP contribution in [0.2, 0.25) is 0 Å². The molecular formula is C11H15NO. The molecule has 0 unspecified atom stereocenters. The molecule has 0 N–H and O–H groups in total. The molecule has 1 aliphatic rings. The lowest BCUT2D eigenvalue weighted by Gasteiger charge is -2.10. The normalized spacial score (nSPS) is 20.7. The van der Waals surface area contributed by atoms with Gasteiger partial charge in [-0.15, -0.1) is 0 Å². The van der Waals surface area contributed by atoms with Crippen molar-refractivity contribution in [1.29, 1.82) is 0 Å². The van der Waals surface area contributed by atoms with Gasteiger partial charge >= 0.3 is 0 Å². The molecule has 13 heavy (non-hydrogen) atoms. The minimum atomic E-state index is 0.0974. The minimum Gasteiger partial charge on any atom is -0.290 e. The van der Waals surface area contributed by atoms with Gasteiger partial charge in [-0.05, 0) is 51.0 Å². The van der Waals surface area contributed by atoms with Gasteiger partial charge in [0.1, 0.15) is 0 Å². The summed E-state index contributed by atoms with van der Waals surface area (Å²) in [5.41, 5.74) is 2.67. The molecule has 0 saturated carbocycles. The highest BCUT2D eigenvalue weighted by Gasteiger charge is 2.12. The van der Waals surface area contributed by atoms with Crippen molar-refractivity contribution in [1.82, 2.24) is 0 Å². The molecule has 2 heteroatoms. The average Bonchev–Trinajstić information content (AvgIpc) is 1.99. The van der Waals surface area contributed by atoms with Gasteiger partial charge < -0.3 is 0 Å². The Balaban J connectivity index is 3.02. The van der Waals surface area contributed by atoms with Crippen molar-refractivity contribution in [3.8, 4) is 0 Å². The molecule has 0 radical (unpaired) electrons. The Morgan fingerprint density at radius 1 is 1.15 bits per heavy atom. The quantitative estimate of drug-likeness (QED) is 0.565. The fourth-order valence-corrected chi connectivity index (χ4v) is 1.19. The smallest absolute Gasteiger partial charge is 0.181 e. The van der Waals surface area contributed by atoms with Gasteiger partial charge in [0, 0.05) is 6.04 Å². The van der Waals surface area contributed by atoms with E-state index >= 15 is 0 Å². The minimum absolute atomic E-state index is 0.0974. The maximum absolute atomic E-state index is 11.2. The molecule has 2 nitrogen and oxygen atoms in total. The number of rotatable bonds is 1. The van der Waals surface area contributed by atoms with Gasteiger partial charge in [0.2, 0.25) is 0 Å². The van der Waals surface area contributed by atoms with Crippen molar-refractivity contribution < 1.29 is 4.79 Å². The highest BCUT2D eigenvalue weighted by atomic mass is 16.1. The molecule has 0 bridgehead atoms. The molecule has 0 aromatic heterocycles. The second-order valence-electron chi connectivity index (χ2n) is 3.63. The maximum Gasteiger partial charge on any atom is 0.181 e. The first kappa shape index (κ1) is 9.90. The van der Waals surface area contributed by atoms with E-state index in [-0.39, 0.29) is 11.8 Å². The first-order valence-corrected chi connectivity index (χ1v) is 4.50. The Kier molecular flexibility index (Phi) is 2.81. The highest BCUT2D eigenvalue weighted by molar-refractivity contribution is 6.21. The zero-order chi connectivity index (χ0) is 10.0. The van der Waals surface area contributed by atoms with E-state index in [2.05, 4.69) is 4.99 Å². The number of ketones is 1. The molecule has 0 spiro atoms. The van der Waals surface area contributed by atoms with Gasteiger partial charge in [0.15, 0.2) is 5.78 Å². The fourth-order valence-electron chi connectivity index (χ4n) is 1.19. The summed E-state index contributed by atoms with van der Waals surface area (Å²) >= 11 is 0. The van der Waals surface area contributed by atoms with Crippen LogP contribution in [0, 0.1) is 0 Å². The second-order valence-corrected chi connectivity index (χ2v) is 3.63. The SMILES string of the molecule is CC1=CC(=NC(C)C)C(C)=CC1=O. The molecule has 0 aromatic rings. The van der Waals surface area contributed by atoms with Crippen molar-refractivity contribution in [3.63, 3.8) is 0 Å². The molecule has 0 fully saturated rings. The van der Waals surface area contributed by atoms with E-state index in [9.17, 15) is 4.79 Å². The molecule has 0 heterocycles. The van der Waals surface area contributed by atoms with Gasteiger partial charge in [0.25, 0.3) is 0 Å². The van der Waals surface area contributed by atoms with Crippen LogP contribution < -0.4 is 0 Å². The molecule has 0 aromatic carbocycles. The second kappa shape index (κ2) is 3.69. The molecular weight excluding hydrogens is 162 g/mol. The number of carbonyl (C=O) groups is 1. The topological polar surface area (TPSA) is 29.4 Å². The van der Waals surface area contributed by atoms with Crippen molar-refractivity contribution in [2.24, 2.45) is 4.99 Å². The number of aliphatic imine (C=N–C) groups is 1. The zero-order valence-electron chi connectivity index (χ0n) is 8.59. The van der Waals surface area contributed by atoms with Crippen LogP contribution in [0.4, 0.5) is 0 Å². The summed E-state index contributed by atoms with van der Waals surface area (Å²) in [6.07, 6.45) is 3.51. The van der Waals surface area contributed by atoms with E-state index in [1.807, 2.05) is 33.8 Å². The number of nitrogens with zero attached hydrogens (tertiary/aromatic N) is 1. The van der Waals surface area contributed by atoms with E-state index in [1.165, 1.54) is 0 Å². The third-order valence-corrected chi connectivity index (χ3v) is 1.89. The van der Waals surface area contributed by atoms with Crippen molar-refractivity contribution in [3.05, 3.63) is 23.3 Å². The summed E-state index contributed by atoms with van der Waals surface area (Å²) in [7, 11) is 0. The van der Waals surface area contributed by atoms with Crippen molar-refractivity contribution in [2.45, 2.75) is 33.7 Å². The van der Waals surface area contributed by atoms with Gasteiger partial charge in [-0.2, -0.15) is 0 Å². The lowest BCUT2D eigenvalue weighted by atomic mass is 9.98. The fraction of sp³-hybridized carbons (Fsp3) is 0.455. The predicted molar refractivity (Wildman–Crippen MR) is 55.1 cm³/mol. The van der Waals surface area contributed by atoms with Crippen LogP contribution in [0.3, 0.4) is 0 Å². The number of hydrogen-bond acceptors (Lipinski definition) is 2. The summed E-state index contributed by atoms with van der Waals surface area (Å²) in [6.45, 7) is 7.79. The van der Waals surface area contributed by atoms with E-state index in [1.54, 1.807) is 6.08 Å². The predicted octanol–water partition coefficient (Wildman–Crippen LogP) is 2.31. The van der Waals surface area contributed by atoms with Crippen LogP contribution in [0.25, 0.3) is 0 Å². The van der Waals surface area contributed by atoms with Crippen LogP contribution >= 0.6 is 0 Å². The first-order valence-electron chi connectivity index (χ1n) is 4.50. The van der Waals surface area contributed by atoms with Gasteiger partial charge in [-0.1, -0.05) is 0 Å². The van der Waals surface area contributed by atoms with E-state index in [4.69, 9.17) is 0 Å². The van der Waals surface area contributed by atoms with Crippen molar-refractivity contribution in [2.75, 3.05) is 0 Å². The van der Waals surface area contributed by atoms with Gasteiger partial charge in [-0.3, -0.25) is 9.79 Å². The Labute approximate surface area is 79.1 Å². The third kappa shape index (κ3) is 2.38. The Morgan fingerprint density at radius 2 is 1.77 bits per heavy atom. The summed E-state index contributed by atoms with van der Waals surface area (Å²) in [4.78, 5) is 15.7. The molecule has 0 saturated heterocycles. The monoisotopic (exact) mass is 177 g/mol. The average molecular weight is 177 g/mol. The van der Waals surface area contributed by atoms with Gasteiger partial charge in [-0.25, -0.2) is 0 Å². The van der Waals surface area contributed by atoms with Crippen molar-refractivity contribution >= 4 is 11.5 Å². The van der Waals surface area contributed by atoms with Crippen LogP contribution in [0.5, 0.6) is 0 Å². The molecule has 0 aliphatic heterocycles. The number of hydrogen-bond donors (Lipinski definition) is 0. The van der Waals surface area contributed by atoms with Crippen LogP contribution in [0.15, 0.2) is 28.3 Å². The van der Waals surface area contributed by atoms with E-state index < -0.39 is 0 Å².